The van der Waals surface area contributed by atoms with Gasteiger partial charge in [0.25, 0.3) is 5.96 Å². The van der Waals surface area contributed by atoms with Crippen LogP contribution < -0.4 is 0 Å². The van der Waals surface area contributed by atoms with Crippen LogP contribution in [0.25, 0.3) is 0 Å². The van der Waals surface area contributed by atoms with E-state index in [4.69, 9.17) is 9.47 Å². The lowest BCUT2D eigenvalue weighted by Gasteiger charge is -2.24. The average molecular weight is 328 g/mol. The summed E-state index contributed by atoms with van der Waals surface area (Å²) in [5.41, 5.74) is 0. The zero-order valence-corrected chi connectivity index (χ0v) is 13.8. The Morgan fingerprint density at radius 1 is 1.52 bits per heavy atom. The van der Waals surface area contributed by atoms with Crippen molar-refractivity contribution >= 4 is 12.1 Å². The number of amides is 1. The number of ether oxygens (including phenoxy) is 2. The standard InChI is InChI=1S/C14H24N4O5/c1-4-11(3)23-14(19)17-6-5-16(13(17)15-18(20)21)7-12-9-22-8-10(12)2/h10-12H,4-9H2,1-3H3. The van der Waals surface area contributed by atoms with Crippen molar-refractivity contribution in [1.82, 2.24) is 9.80 Å². The highest BCUT2D eigenvalue weighted by Crippen LogP contribution is 2.23. The van der Waals surface area contributed by atoms with Crippen molar-refractivity contribution in [3.05, 3.63) is 10.1 Å². The van der Waals surface area contributed by atoms with Crippen LogP contribution in [0.15, 0.2) is 5.10 Å². The maximum atomic E-state index is 12.2. The molecule has 2 aliphatic rings. The largest absolute Gasteiger partial charge is 0.446 e. The van der Waals surface area contributed by atoms with Crippen LogP contribution in [0.5, 0.6) is 0 Å². The van der Waals surface area contributed by atoms with Gasteiger partial charge in [-0.3, -0.25) is 0 Å². The van der Waals surface area contributed by atoms with Crippen LogP contribution in [0.3, 0.4) is 0 Å². The number of hydrogen-bond donors (Lipinski definition) is 0. The number of nitro groups is 1. The molecule has 0 bridgehead atoms. The monoisotopic (exact) mass is 328 g/mol. The van der Waals surface area contributed by atoms with Gasteiger partial charge in [0.05, 0.1) is 13.2 Å². The lowest BCUT2D eigenvalue weighted by molar-refractivity contribution is -0.486. The molecule has 0 saturated carbocycles. The lowest BCUT2D eigenvalue weighted by Crippen LogP contribution is -2.41. The first-order chi connectivity index (χ1) is 10.9. The maximum absolute atomic E-state index is 12.2. The van der Waals surface area contributed by atoms with E-state index in [1.165, 1.54) is 4.90 Å². The fourth-order valence-corrected chi connectivity index (χ4v) is 2.67. The molecule has 2 rings (SSSR count). The highest BCUT2D eigenvalue weighted by Gasteiger charge is 2.38. The van der Waals surface area contributed by atoms with E-state index in [9.17, 15) is 14.9 Å². The molecule has 2 saturated heterocycles. The fraction of sp³-hybridized carbons (Fsp3) is 0.857. The average Bonchev–Trinajstić information content (AvgIpc) is 3.06. The van der Waals surface area contributed by atoms with Gasteiger partial charge in [-0.05, 0) is 19.3 Å². The van der Waals surface area contributed by atoms with Gasteiger partial charge >= 0.3 is 6.09 Å². The summed E-state index contributed by atoms with van der Waals surface area (Å²) in [4.78, 5) is 26.1. The molecule has 3 atom stereocenters. The quantitative estimate of drug-likeness (QED) is 0.558. The second-order valence-electron chi connectivity index (χ2n) is 6.11. The minimum Gasteiger partial charge on any atom is -0.446 e. The van der Waals surface area contributed by atoms with Gasteiger partial charge in [-0.15, -0.1) is 0 Å². The van der Waals surface area contributed by atoms with Crippen molar-refractivity contribution in [3.8, 4) is 0 Å². The van der Waals surface area contributed by atoms with Crippen molar-refractivity contribution < 1.29 is 19.3 Å². The highest BCUT2D eigenvalue weighted by atomic mass is 16.7. The van der Waals surface area contributed by atoms with Crippen molar-refractivity contribution in [2.75, 3.05) is 32.8 Å². The summed E-state index contributed by atoms with van der Waals surface area (Å²) < 4.78 is 10.7. The predicted molar refractivity (Wildman–Crippen MR) is 82.4 cm³/mol. The van der Waals surface area contributed by atoms with E-state index >= 15 is 0 Å². The molecule has 130 valence electrons. The number of rotatable bonds is 5. The van der Waals surface area contributed by atoms with Crippen LogP contribution >= 0.6 is 0 Å². The van der Waals surface area contributed by atoms with Crippen LogP contribution in [0.4, 0.5) is 4.79 Å². The number of guanidine groups is 1. The number of carbonyl (C=O) groups is 1. The molecule has 9 heteroatoms. The number of hydrazone groups is 1. The maximum Gasteiger partial charge on any atom is 0.417 e. The van der Waals surface area contributed by atoms with Gasteiger partial charge in [0.2, 0.25) is 0 Å². The first-order valence-corrected chi connectivity index (χ1v) is 7.96. The van der Waals surface area contributed by atoms with Crippen LogP contribution in [-0.2, 0) is 9.47 Å². The van der Waals surface area contributed by atoms with E-state index < -0.39 is 11.1 Å². The highest BCUT2D eigenvalue weighted by molar-refractivity contribution is 5.95. The Balaban J connectivity index is 2.09. The fourth-order valence-electron chi connectivity index (χ4n) is 2.67. The molecule has 2 heterocycles. The van der Waals surface area contributed by atoms with E-state index in [1.807, 2.05) is 6.92 Å². The molecule has 2 fully saturated rings. The molecular weight excluding hydrogens is 304 g/mol. The van der Waals surface area contributed by atoms with E-state index in [2.05, 4.69) is 12.0 Å². The Labute approximate surface area is 135 Å². The molecule has 0 aliphatic carbocycles. The molecule has 0 aromatic carbocycles. The van der Waals surface area contributed by atoms with Gasteiger partial charge in [0.15, 0.2) is 5.03 Å². The molecule has 0 aromatic rings. The zero-order chi connectivity index (χ0) is 17.0. The van der Waals surface area contributed by atoms with Gasteiger partial charge in [0, 0.05) is 25.6 Å². The minimum atomic E-state index is -0.772. The Morgan fingerprint density at radius 2 is 2.26 bits per heavy atom. The molecule has 9 nitrogen and oxygen atoms in total. The minimum absolute atomic E-state index is 0.0578. The topological polar surface area (TPSA) is 97.5 Å². The molecule has 23 heavy (non-hydrogen) atoms. The second kappa shape index (κ2) is 7.58. The van der Waals surface area contributed by atoms with Gasteiger partial charge in [-0.2, -0.15) is 0 Å². The second-order valence-corrected chi connectivity index (χ2v) is 6.11. The molecule has 0 aromatic heterocycles. The Kier molecular flexibility index (Phi) is 5.75. The summed E-state index contributed by atoms with van der Waals surface area (Å²) >= 11 is 0. The van der Waals surface area contributed by atoms with Gasteiger partial charge in [0.1, 0.15) is 11.2 Å². The molecule has 1 amide bonds. The van der Waals surface area contributed by atoms with Gasteiger partial charge < -0.3 is 14.4 Å². The summed E-state index contributed by atoms with van der Waals surface area (Å²) in [5, 5.41) is 13.5. The van der Waals surface area contributed by atoms with Crippen LogP contribution in [0, 0.1) is 22.0 Å². The number of hydrogen-bond acceptors (Lipinski definition) is 5. The predicted octanol–water partition coefficient (Wildman–Crippen LogP) is 1.37. The summed E-state index contributed by atoms with van der Waals surface area (Å²) in [6, 6.07) is 0. The van der Waals surface area contributed by atoms with Gasteiger partial charge in [-0.25, -0.2) is 19.8 Å². The molecule has 0 N–H and O–H groups in total. The molecule has 3 unspecified atom stereocenters. The van der Waals surface area contributed by atoms with E-state index in [-0.39, 0.29) is 18.0 Å². The first kappa shape index (κ1) is 17.5. The van der Waals surface area contributed by atoms with E-state index in [1.54, 1.807) is 11.8 Å². The van der Waals surface area contributed by atoms with Crippen molar-refractivity contribution in [2.24, 2.45) is 16.9 Å². The van der Waals surface area contributed by atoms with E-state index in [0.29, 0.717) is 45.2 Å². The Hall–Kier alpha value is -1.90. The van der Waals surface area contributed by atoms with Crippen molar-refractivity contribution in [1.29, 1.82) is 0 Å². The van der Waals surface area contributed by atoms with Crippen LogP contribution in [0.1, 0.15) is 27.2 Å². The Bertz CT molecular complexity index is 484. The lowest BCUT2D eigenvalue weighted by atomic mass is 9.98. The normalized spacial score (nSPS) is 27.5. The summed E-state index contributed by atoms with van der Waals surface area (Å²) in [6.45, 7) is 8.53. The summed E-state index contributed by atoms with van der Waals surface area (Å²) in [5.74, 6) is 0.716. The smallest absolute Gasteiger partial charge is 0.417 e. The number of carbonyl (C=O) groups excluding carboxylic acids is 1. The van der Waals surface area contributed by atoms with E-state index in [0.717, 1.165) is 0 Å². The molecule has 0 spiro atoms. The molecule has 0 radical (unpaired) electrons. The van der Waals surface area contributed by atoms with Crippen LogP contribution in [0.2, 0.25) is 0 Å². The molecular formula is C14H24N4O5. The SMILES string of the molecule is CCC(C)OC(=O)N1CCN(CC2COCC2C)C1=N[N+](=O)[O-]. The third-order valence-corrected chi connectivity index (χ3v) is 4.36. The van der Waals surface area contributed by atoms with Crippen LogP contribution in [-0.4, -0.2) is 65.8 Å². The van der Waals surface area contributed by atoms with Gasteiger partial charge in [-0.1, -0.05) is 13.8 Å². The first-order valence-electron chi connectivity index (χ1n) is 7.96. The molecule has 2 aliphatic heterocycles. The third kappa shape index (κ3) is 4.31. The van der Waals surface area contributed by atoms with Crippen molar-refractivity contribution in [2.45, 2.75) is 33.3 Å². The summed E-state index contributed by atoms with van der Waals surface area (Å²) in [6.07, 6.45) is -0.142. The van der Waals surface area contributed by atoms with Crippen molar-refractivity contribution in [3.63, 3.8) is 0 Å². The number of nitrogens with zero attached hydrogens (tertiary/aromatic N) is 4. The zero-order valence-electron chi connectivity index (χ0n) is 13.8. The third-order valence-electron chi connectivity index (χ3n) is 4.36. The summed E-state index contributed by atoms with van der Waals surface area (Å²) in [7, 11) is 0. The Morgan fingerprint density at radius 3 is 2.83 bits per heavy atom.